The Morgan fingerprint density at radius 3 is 2.85 bits per heavy atom. The molecular weight excluding hydrogens is 326 g/mol. The molecule has 0 unspecified atom stereocenters. The van der Waals surface area contributed by atoms with Gasteiger partial charge in [-0.15, -0.1) is 5.10 Å². The van der Waals surface area contributed by atoms with Gasteiger partial charge in [0.1, 0.15) is 5.82 Å². The molecule has 1 aliphatic rings. The summed E-state index contributed by atoms with van der Waals surface area (Å²) in [6.07, 6.45) is 8.01. The molecule has 0 radical (unpaired) electrons. The lowest BCUT2D eigenvalue weighted by atomic mass is 9.92. The number of H-pyrrole nitrogens is 1. The number of imidazole rings is 1. The summed E-state index contributed by atoms with van der Waals surface area (Å²) >= 11 is 0. The first-order valence-corrected chi connectivity index (χ1v) is 9.07. The van der Waals surface area contributed by atoms with E-state index in [0.29, 0.717) is 12.1 Å². The summed E-state index contributed by atoms with van der Waals surface area (Å²) in [5.41, 5.74) is 9.86. The van der Waals surface area contributed by atoms with E-state index in [9.17, 15) is 0 Å². The van der Waals surface area contributed by atoms with E-state index in [2.05, 4.69) is 38.7 Å². The van der Waals surface area contributed by atoms with Crippen LogP contribution in [0.5, 0.6) is 0 Å². The molecule has 1 aromatic carbocycles. The Labute approximate surface area is 150 Å². The Kier molecular flexibility index (Phi) is 3.60. The van der Waals surface area contributed by atoms with Crippen LogP contribution in [0.25, 0.3) is 27.8 Å². The van der Waals surface area contributed by atoms with Gasteiger partial charge in [-0.2, -0.15) is 5.10 Å². The zero-order chi connectivity index (χ0) is 17.5. The fourth-order valence-corrected chi connectivity index (χ4v) is 3.72. The molecule has 7 heteroatoms. The summed E-state index contributed by atoms with van der Waals surface area (Å²) in [6.45, 7) is 0. The molecule has 5 rings (SSSR count). The molecule has 7 nitrogen and oxygen atoms in total. The van der Waals surface area contributed by atoms with Gasteiger partial charge in [-0.25, -0.2) is 9.50 Å². The molecule has 0 saturated heterocycles. The Hall–Kier alpha value is -2.93. The number of hydrogen-bond donors (Lipinski definition) is 3. The number of nitrogens with one attached hydrogen (secondary N) is 2. The summed E-state index contributed by atoms with van der Waals surface area (Å²) < 4.78 is 1.90. The number of benzene rings is 1. The first kappa shape index (κ1) is 15.3. The Balaban J connectivity index is 1.48. The smallest absolute Gasteiger partial charge is 0.154 e. The zero-order valence-corrected chi connectivity index (χ0v) is 14.4. The zero-order valence-electron chi connectivity index (χ0n) is 14.4. The third-order valence-corrected chi connectivity index (χ3v) is 5.22. The molecule has 26 heavy (non-hydrogen) atoms. The van der Waals surface area contributed by atoms with Gasteiger partial charge in [-0.3, -0.25) is 5.10 Å². The fourth-order valence-electron chi connectivity index (χ4n) is 3.72. The van der Waals surface area contributed by atoms with Crippen LogP contribution in [0.3, 0.4) is 0 Å². The first-order valence-electron chi connectivity index (χ1n) is 9.07. The monoisotopic (exact) mass is 347 g/mol. The minimum atomic E-state index is 0.348. The normalized spacial score (nSPS) is 20.7. The van der Waals surface area contributed by atoms with Crippen molar-refractivity contribution in [2.24, 2.45) is 5.73 Å². The third-order valence-electron chi connectivity index (χ3n) is 5.22. The molecule has 3 heterocycles. The highest BCUT2D eigenvalue weighted by molar-refractivity contribution is 5.83. The SMILES string of the molecule is NC1CCC(Nc2ccc3ncc(-c4ccc5cn[nH]c5c4)n3n2)CC1. The minimum absolute atomic E-state index is 0.348. The van der Waals surface area contributed by atoms with Crippen LogP contribution >= 0.6 is 0 Å². The molecule has 132 valence electrons. The third kappa shape index (κ3) is 2.70. The molecule has 4 aromatic rings. The van der Waals surface area contributed by atoms with Crippen LogP contribution in [0, 0.1) is 0 Å². The Bertz CT molecular complexity index is 1060. The van der Waals surface area contributed by atoms with Gasteiger partial charge in [-0.1, -0.05) is 12.1 Å². The molecule has 1 aliphatic carbocycles. The van der Waals surface area contributed by atoms with Crippen LogP contribution in [0.2, 0.25) is 0 Å². The Morgan fingerprint density at radius 1 is 1.08 bits per heavy atom. The number of hydrogen-bond acceptors (Lipinski definition) is 5. The summed E-state index contributed by atoms with van der Waals surface area (Å²) in [5, 5.41) is 16.5. The van der Waals surface area contributed by atoms with Crippen molar-refractivity contribution < 1.29 is 0 Å². The van der Waals surface area contributed by atoms with Crippen molar-refractivity contribution in [2.75, 3.05) is 5.32 Å². The lowest BCUT2D eigenvalue weighted by Crippen LogP contribution is -2.33. The molecule has 4 N–H and O–H groups in total. The highest BCUT2D eigenvalue weighted by atomic mass is 15.3. The second-order valence-electron chi connectivity index (χ2n) is 7.06. The van der Waals surface area contributed by atoms with Crippen molar-refractivity contribution in [3.63, 3.8) is 0 Å². The number of fused-ring (bicyclic) bond motifs is 2. The van der Waals surface area contributed by atoms with Crippen LogP contribution in [-0.2, 0) is 0 Å². The molecule has 0 amide bonds. The van der Waals surface area contributed by atoms with Crippen LogP contribution in [0.4, 0.5) is 5.82 Å². The maximum Gasteiger partial charge on any atom is 0.154 e. The average molecular weight is 347 g/mol. The molecule has 0 atom stereocenters. The predicted octanol–water partition coefficient (Wildman–Crippen LogP) is 2.95. The summed E-state index contributed by atoms with van der Waals surface area (Å²) in [6, 6.07) is 11.0. The molecular formula is C19H21N7. The predicted molar refractivity (Wildman–Crippen MR) is 102 cm³/mol. The minimum Gasteiger partial charge on any atom is -0.366 e. The van der Waals surface area contributed by atoms with Crippen LogP contribution in [-0.4, -0.2) is 36.9 Å². The van der Waals surface area contributed by atoms with Gasteiger partial charge in [0.15, 0.2) is 5.65 Å². The topological polar surface area (TPSA) is 96.9 Å². The van der Waals surface area contributed by atoms with Crippen LogP contribution in [0.1, 0.15) is 25.7 Å². The van der Waals surface area contributed by atoms with Crippen LogP contribution < -0.4 is 11.1 Å². The first-order chi connectivity index (χ1) is 12.8. The lowest BCUT2D eigenvalue weighted by Gasteiger charge is -2.27. The summed E-state index contributed by atoms with van der Waals surface area (Å²) in [7, 11) is 0. The quantitative estimate of drug-likeness (QED) is 0.529. The van der Waals surface area contributed by atoms with E-state index < -0.39 is 0 Å². The van der Waals surface area contributed by atoms with Crippen LogP contribution in [0.15, 0.2) is 42.7 Å². The summed E-state index contributed by atoms with van der Waals surface area (Å²) in [5.74, 6) is 0.875. The van der Waals surface area contributed by atoms with Gasteiger partial charge in [0.25, 0.3) is 0 Å². The van der Waals surface area contributed by atoms with E-state index in [1.807, 2.05) is 29.0 Å². The van der Waals surface area contributed by atoms with E-state index >= 15 is 0 Å². The van der Waals surface area contributed by atoms with Crippen molar-refractivity contribution in [1.82, 2.24) is 24.8 Å². The molecule has 0 bridgehead atoms. The molecule has 0 spiro atoms. The number of rotatable bonds is 3. The largest absolute Gasteiger partial charge is 0.366 e. The highest BCUT2D eigenvalue weighted by Gasteiger charge is 2.19. The maximum atomic E-state index is 6.00. The standard InChI is InChI=1S/C19H21N7/c20-14-3-5-15(6-4-14)23-18-7-8-19-21-11-17(26(19)25-18)12-1-2-13-10-22-24-16(13)9-12/h1-2,7-11,14-15H,3-6,20H2,(H,22,24)(H,23,25). The number of aromatic amines is 1. The summed E-state index contributed by atoms with van der Waals surface area (Å²) in [4.78, 5) is 4.49. The van der Waals surface area contributed by atoms with Crippen molar-refractivity contribution in [1.29, 1.82) is 0 Å². The van der Waals surface area contributed by atoms with Crippen molar-refractivity contribution in [2.45, 2.75) is 37.8 Å². The molecule has 3 aromatic heterocycles. The van der Waals surface area contributed by atoms with Crippen molar-refractivity contribution in [3.8, 4) is 11.3 Å². The number of aromatic nitrogens is 5. The molecule has 1 fully saturated rings. The molecule has 0 aliphatic heterocycles. The van der Waals surface area contributed by atoms with Gasteiger partial charge < -0.3 is 11.1 Å². The second-order valence-corrected chi connectivity index (χ2v) is 7.06. The van der Waals surface area contributed by atoms with E-state index in [0.717, 1.165) is 59.3 Å². The maximum absolute atomic E-state index is 6.00. The van der Waals surface area contributed by atoms with Crippen molar-refractivity contribution >= 4 is 22.4 Å². The fraction of sp³-hybridized carbons (Fsp3) is 0.316. The van der Waals surface area contributed by atoms with Gasteiger partial charge in [0, 0.05) is 23.0 Å². The van der Waals surface area contributed by atoms with Gasteiger partial charge in [0.05, 0.1) is 23.6 Å². The van der Waals surface area contributed by atoms with Gasteiger partial charge >= 0.3 is 0 Å². The number of nitrogens with two attached hydrogens (primary N) is 1. The van der Waals surface area contributed by atoms with E-state index in [1.165, 1.54) is 0 Å². The van der Waals surface area contributed by atoms with Gasteiger partial charge in [0.2, 0.25) is 0 Å². The Morgan fingerprint density at radius 2 is 1.96 bits per heavy atom. The highest BCUT2D eigenvalue weighted by Crippen LogP contribution is 2.25. The number of nitrogens with zero attached hydrogens (tertiary/aromatic N) is 4. The van der Waals surface area contributed by atoms with E-state index in [4.69, 9.17) is 10.8 Å². The molecule has 1 saturated carbocycles. The van der Waals surface area contributed by atoms with E-state index in [1.54, 1.807) is 0 Å². The van der Waals surface area contributed by atoms with E-state index in [-0.39, 0.29) is 0 Å². The average Bonchev–Trinajstić information content (AvgIpc) is 3.29. The van der Waals surface area contributed by atoms with Crippen molar-refractivity contribution in [3.05, 3.63) is 42.7 Å². The van der Waals surface area contributed by atoms with Gasteiger partial charge in [-0.05, 0) is 43.9 Å². The lowest BCUT2D eigenvalue weighted by molar-refractivity contribution is 0.410. The number of anilines is 1. The second kappa shape index (κ2) is 6.10.